The summed E-state index contributed by atoms with van der Waals surface area (Å²) < 4.78 is 5.70. The Bertz CT molecular complexity index is 596. The Morgan fingerprint density at radius 3 is 2.56 bits per heavy atom. The lowest BCUT2D eigenvalue weighted by molar-refractivity contribution is 0.481. The Morgan fingerprint density at radius 1 is 1.17 bits per heavy atom. The van der Waals surface area contributed by atoms with Gasteiger partial charge in [0, 0.05) is 0 Å². The van der Waals surface area contributed by atoms with Gasteiger partial charge in [-0.1, -0.05) is 35.4 Å². The number of halogens is 1. The summed E-state index contributed by atoms with van der Waals surface area (Å²) in [6.07, 6.45) is 0. The van der Waals surface area contributed by atoms with E-state index in [1.807, 2.05) is 31.2 Å². The van der Waals surface area contributed by atoms with E-state index in [0.717, 1.165) is 5.56 Å². The number of rotatable bonds is 3. The number of hydrogen-bond donors (Lipinski definition) is 2. The monoisotopic (exact) mass is 260 g/mol. The van der Waals surface area contributed by atoms with Gasteiger partial charge >= 0.3 is 0 Å². The zero-order valence-corrected chi connectivity index (χ0v) is 10.7. The lowest BCUT2D eigenvalue weighted by Gasteiger charge is -2.12. The largest absolute Gasteiger partial charge is 0.455 e. The molecular formula is C14H13ClN2O. The third kappa shape index (κ3) is 2.63. The first-order valence-electron chi connectivity index (χ1n) is 5.45. The SMILES string of the molecule is Cc1ccc(Oc2ccccc2Cl)c(C(=N)N)c1. The average Bonchev–Trinajstić information content (AvgIpc) is 2.34. The van der Waals surface area contributed by atoms with Crippen molar-refractivity contribution in [2.24, 2.45) is 5.73 Å². The van der Waals surface area contributed by atoms with E-state index in [-0.39, 0.29) is 5.84 Å². The first-order valence-corrected chi connectivity index (χ1v) is 5.83. The van der Waals surface area contributed by atoms with Gasteiger partial charge in [-0.2, -0.15) is 0 Å². The van der Waals surface area contributed by atoms with E-state index in [4.69, 9.17) is 27.5 Å². The molecule has 0 amide bonds. The number of nitrogens with two attached hydrogens (primary N) is 1. The highest BCUT2D eigenvalue weighted by molar-refractivity contribution is 6.32. The standard InChI is InChI=1S/C14H13ClN2O/c1-9-6-7-12(10(8-9)14(16)17)18-13-5-3-2-4-11(13)15/h2-8H,1H3,(H3,16,17). The molecule has 92 valence electrons. The van der Waals surface area contributed by atoms with Gasteiger partial charge in [0.25, 0.3) is 0 Å². The molecule has 0 aromatic heterocycles. The molecule has 2 aromatic rings. The number of ether oxygens (including phenoxy) is 1. The van der Waals surface area contributed by atoms with E-state index in [9.17, 15) is 0 Å². The Balaban J connectivity index is 2.41. The molecule has 0 radical (unpaired) electrons. The molecule has 3 nitrogen and oxygen atoms in total. The van der Waals surface area contributed by atoms with Gasteiger partial charge < -0.3 is 10.5 Å². The van der Waals surface area contributed by atoms with Crippen molar-refractivity contribution >= 4 is 17.4 Å². The third-order valence-corrected chi connectivity index (χ3v) is 2.79. The molecule has 0 aliphatic heterocycles. The fourth-order valence-electron chi connectivity index (χ4n) is 1.59. The van der Waals surface area contributed by atoms with Crippen LogP contribution in [0, 0.1) is 12.3 Å². The average molecular weight is 261 g/mol. The maximum Gasteiger partial charge on any atom is 0.146 e. The summed E-state index contributed by atoms with van der Waals surface area (Å²) in [5, 5.41) is 8.08. The van der Waals surface area contributed by atoms with Crippen LogP contribution in [0.2, 0.25) is 5.02 Å². The minimum Gasteiger partial charge on any atom is -0.455 e. The summed E-state index contributed by atoms with van der Waals surface area (Å²) in [4.78, 5) is 0. The van der Waals surface area contributed by atoms with E-state index >= 15 is 0 Å². The van der Waals surface area contributed by atoms with Gasteiger partial charge in [-0.05, 0) is 31.2 Å². The summed E-state index contributed by atoms with van der Waals surface area (Å²) in [6.45, 7) is 1.94. The van der Waals surface area contributed by atoms with E-state index in [2.05, 4.69) is 0 Å². The molecule has 2 rings (SSSR count). The molecule has 0 aliphatic rings. The third-order valence-electron chi connectivity index (χ3n) is 2.48. The quantitative estimate of drug-likeness (QED) is 0.653. The van der Waals surface area contributed by atoms with Crippen molar-refractivity contribution in [2.75, 3.05) is 0 Å². The molecule has 0 unspecified atom stereocenters. The van der Waals surface area contributed by atoms with Gasteiger partial charge in [0.15, 0.2) is 0 Å². The first-order chi connectivity index (χ1) is 8.58. The molecular weight excluding hydrogens is 248 g/mol. The van der Waals surface area contributed by atoms with Crippen LogP contribution >= 0.6 is 11.6 Å². The molecule has 0 spiro atoms. The Hall–Kier alpha value is -2.00. The van der Waals surface area contributed by atoms with E-state index in [1.165, 1.54) is 0 Å². The van der Waals surface area contributed by atoms with Crippen molar-refractivity contribution in [1.29, 1.82) is 5.41 Å². The molecule has 0 aliphatic carbocycles. The van der Waals surface area contributed by atoms with E-state index in [0.29, 0.717) is 22.1 Å². The lowest BCUT2D eigenvalue weighted by Crippen LogP contribution is -2.12. The van der Waals surface area contributed by atoms with Gasteiger partial charge in [0.05, 0.1) is 10.6 Å². The number of nitrogens with one attached hydrogen (secondary N) is 1. The number of benzene rings is 2. The van der Waals surface area contributed by atoms with Gasteiger partial charge in [-0.25, -0.2) is 0 Å². The number of aryl methyl sites for hydroxylation is 1. The predicted octanol–water partition coefficient (Wildman–Crippen LogP) is 3.72. The summed E-state index contributed by atoms with van der Waals surface area (Å²) in [5.41, 5.74) is 7.13. The highest BCUT2D eigenvalue weighted by Crippen LogP contribution is 2.31. The fraction of sp³-hybridized carbons (Fsp3) is 0.0714. The molecule has 0 bridgehead atoms. The summed E-state index contributed by atoms with van der Waals surface area (Å²) in [6, 6.07) is 12.7. The van der Waals surface area contributed by atoms with Crippen molar-refractivity contribution in [1.82, 2.24) is 0 Å². The molecule has 2 aromatic carbocycles. The maximum atomic E-state index is 7.56. The van der Waals surface area contributed by atoms with Crippen LogP contribution < -0.4 is 10.5 Å². The fourth-order valence-corrected chi connectivity index (χ4v) is 1.76. The highest BCUT2D eigenvalue weighted by Gasteiger charge is 2.09. The van der Waals surface area contributed by atoms with Crippen LogP contribution in [0.3, 0.4) is 0 Å². The second-order valence-corrected chi connectivity index (χ2v) is 4.35. The molecule has 0 saturated carbocycles. The molecule has 0 fully saturated rings. The summed E-state index contributed by atoms with van der Waals surface area (Å²) in [5.74, 6) is 1.05. The van der Waals surface area contributed by atoms with Crippen LogP contribution in [0.15, 0.2) is 42.5 Å². The maximum absolute atomic E-state index is 7.56. The number of para-hydroxylation sites is 1. The first kappa shape index (κ1) is 12.5. The van der Waals surface area contributed by atoms with Gasteiger partial charge in [-0.3, -0.25) is 5.41 Å². The van der Waals surface area contributed by atoms with Crippen LogP contribution in [-0.2, 0) is 0 Å². The molecule has 4 heteroatoms. The lowest BCUT2D eigenvalue weighted by atomic mass is 10.1. The number of nitrogen functional groups attached to an aromatic ring is 1. The molecule has 0 heterocycles. The zero-order chi connectivity index (χ0) is 13.1. The smallest absolute Gasteiger partial charge is 0.146 e. The summed E-state index contributed by atoms with van der Waals surface area (Å²) in [7, 11) is 0. The van der Waals surface area contributed by atoms with Crippen LogP contribution in [0.4, 0.5) is 0 Å². The molecule has 3 N–H and O–H groups in total. The second-order valence-electron chi connectivity index (χ2n) is 3.95. The second kappa shape index (κ2) is 5.10. The summed E-state index contributed by atoms with van der Waals surface area (Å²) >= 11 is 6.03. The number of amidine groups is 1. The van der Waals surface area contributed by atoms with Gasteiger partial charge in [-0.15, -0.1) is 0 Å². The van der Waals surface area contributed by atoms with E-state index in [1.54, 1.807) is 18.2 Å². The van der Waals surface area contributed by atoms with Gasteiger partial charge in [0.2, 0.25) is 0 Å². The van der Waals surface area contributed by atoms with Crippen molar-refractivity contribution < 1.29 is 4.74 Å². The zero-order valence-electron chi connectivity index (χ0n) is 9.91. The van der Waals surface area contributed by atoms with Crippen molar-refractivity contribution in [3.8, 4) is 11.5 Å². The number of hydrogen-bond acceptors (Lipinski definition) is 2. The van der Waals surface area contributed by atoms with Crippen molar-refractivity contribution in [3.05, 3.63) is 58.6 Å². The Labute approximate surface area is 111 Å². The highest BCUT2D eigenvalue weighted by atomic mass is 35.5. The molecule has 18 heavy (non-hydrogen) atoms. The predicted molar refractivity (Wildman–Crippen MR) is 73.7 cm³/mol. The van der Waals surface area contributed by atoms with Crippen LogP contribution in [0.5, 0.6) is 11.5 Å². The van der Waals surface area contributed by atoms with Crippen molar-refractivity contribution in [3.63, 3.8) is 0 Å². The van der Waals surface area contributed by atoms with Crippen LogP contribution in [0.1, 0.15) is 11.1 Å². The van der Waals surface area contributed by atoms with Crippen LogP contribution in [0.25, 0.3) is 0 Å². The van der Waals surface area contributed by atoms with E-state index < -0.39 is 0 Å². The minimum absolute atomic E-state index is 0.0271. The normalized spacial score (nSPS) is 10.1. The molecule has 0 atom stereocenters. The van der Waals surface area contributed by atoms with Crippen molar-refractivity contribution in [2.45, 2.75) is 6.92 Å². The molecule has 0 saturated heterocycles. The van der Waals surface area contributed by atoms with Crippen LogP contribution in [-0.4, -0.2) is 5.84 Å². The van der Waals surface area contributed by atoms with Gasteiger partial charge in [0.1, 0.15) is 17.3 Å². The minimum atomic E-state index is -0.0271. The topological polar surface area (TPSA) is 59.1 Å². The Morgan fingerprint density at radius 2 is 1.89 bits per heavy atom. The Kier molecular flexibility index (Phi) is 3.53.